The first kappa shape index (κ1) is 25.7. The van der Waals surface area contributed by atoms with Crippen molar-refractivity contribution < 1.29 is 22.7 Å². The molecule has 1 amide bonds. The van der Waals surface area contributed by atoms with Crippen LogP contribution in [0, 0.1) is 5.92 Å². The van der Waals surface area contributed by atoms with Crippen LogP contribution in [0.3, 0.4) is 0 Å². The molecule has 2 aromatic rings. The molecule has 2 atom stereocenters. The number of carbonyl (C=O) groups excluding carboxylic acids is 1. The second-order valence-corrected chi connectivity index (χ2v) is 8.52. The second-order valence-electron chi connectivity index (χ2n) is 8.52. The molecule has 0 spiro atoms. The van der Waals surface area contributed by atoms with Gasteiger partial charge >= 0.3 is 6.18 Å². The summed E-state index contributed by atoms with van der Waals surface area (Å²) in [6.45, 7) is 2.41. The molecule has 1 aromatic carbocycles. The van der Waals surface area contributed by atoms with Gasteiger partial charge in [-0.05, 0) is 49.9 Å². The monoisotopic (exact) mass is 479 g/mol. The minimum atomic E-state index is -4.57. The molecule has 1 aliphatic rings. The number of ether oxygens (including phenoxy) is 1. The van der Waals surface area contributed by atoms with Gasteiger partial charge in [0.15, 0.2) is 0 Å². The van der Waals surface area contributed by atoms with Crippen molar-refractivity contribution in [1.82, 2.24) is 20.6 Å². The smallest absolute Gasteiger partial charge is 0.419 e. The van der Waals surface area contributed by atoms with E-state index in [4.69, 9.17) is 4.74 Å². The summed E-state index contributed by atoms with van der Waals surface area (Å²) in [5.74, 6) is 0.385. The van der Waals surface area contributed by atoms with E-state index in [1.165, 1.54) is 7.11 Å². The normalized spacial score (nSPS) is 18.4. The fourth-order valence-electron chi connectivity index (χ4n) is 4.34. The lowest BCUT2D eigenvalue weighted by molar-refractivity contribution is -0.139. The minimum absolute atomic E-state index is 0.0626. The summed E-state index contributed by atoms with van der Waals surface area (Å²) in [6.07, 6.45) is 0.0519. The van der Waals surface area contributed by atoms with E-state index >= 15 is 0 Å². The summed E-state index contributed by atoms with van der Waals surface area (Å²) in [5, 5.41) is 9.03. The molecule has 3 N–H and O–H groups in total. The Morgan fingerprint density at radius 1 is 1.24 bits per heavy atom. The fourth-order valence-corrected chi connectivity index (χ4v) is 4.34. The van der Waals surface area contributed by atoms with Gasteiger partial charge in [-0.3, -0.25) is 4.79 Å². The standard InChI is InChI=1S/C24H32F3N5O2/c1-4-22(33)30-18-8-6-5-7-16(18)12-20-17(24(25,26)27)14-29-23(32-20)31-19-10-9-15(13-28-2)11-21(19)34-3/h9-11,14,16,18,28H,4-8,12-13H2,1-3H3,(H,30,33)(H,29,31,32)/t16-,18+/m0/s1. The Labute approximate surface area is 197 Å². The number of nitrogens with one attached hydrogen (secondary N) is 3. The maximum absolute atomic E-state index is 13.8. The van der Waals surface area contributed by atoms with Gasteiger partial charge in [-0.15, -0.1) is 0 Å². The molecule has 0 unspecified atom stereocenters. The molecule has 1 fully saturated rings. The average Bonchev–Trinajstić information content (AvgIpc) is 2.80. The van der Waals surface area contributed by atoms with Gasteiger partial charge in [0.25, 0.3) is 0 Å². The van der Waals surface area contributed by atoms with Crippen LogP contribution in [0.25, 0.3) is 0 Å². The number of benzene rings is 1. The van der Waals surface area contributed by atoms with Crippen LogP contribution in [-0.2, 0) is 23.9 Å². The van der Waals surface area contributed by atoms with Crippen LogP contribution >= 0.6 is 0 Å². The Kier molecular flexibility index (Phi) is 8.71. The van der Waals surface area contributed by atoms with E-state index in [0.717, 1.165) is 37.4 Å². The number of nitrogens with zero attached hydrogens (tertiary/aromatic N) is 2. The van der Waals surface area contributed by atoms with Crippen molar-refractivity contribution in [2.75, 3.05) is 19.5 Å². The molecule has 186 valence electrons. The SMILES string of the molecule is CCC(=O)N[C@@H]1CCCC[C@H]1Cc1nc(Nc2ccc(CNC)cc2OC)ncc1C(F)(F)F. The highest BCUT2D eigenvalue weighted by atomic mass is 19.4. The summed E-state index contributed by atoms with van der Waals surface area (Å²) in [5.41, 5.74) is 0.633. The lowest BCUT2D eigenvalue weighted by Gasteiger charge is -2.32. The van der Waals surface area contributed by atoms with Crippen LogP contribution in [0.1, 0.15) is 55.8 Å². The largest absolute Gasteiger partial charge is 0.495 e. The van der Waals surface area contributed by atoms with Gasteiger partial charge in [0.05, 0.1) is 24.1 Å². The summed E-state index contributed by atoms with van der Waals surface area (Å²) in [6, 6.07) is 5.35. The van der Waals surface area contributed by atoms with Crippen LogP contribution < -0.4 is 20.7 Å². The molecule has 0 aliphatic heterocycles. The van der Waals surface area contributed by atoms with Crippen LogP contribution in [0.5, 0.6) is 5.75 Å². The van der Waals surface area contributed by atoms with E-state index in [1.807, 2.05) is 19.2 Å². The molecule has 10 heteroatoms. The van der Waals surface area contributed by atoms with E-state index in [-0.39, 0.29) is 35.9 Å². The first-order chi connectivity index (χ1) is 16.2. The molecular formula is C24H32F3N5O2. The van der Waals surface area contributed by atoms with Crippen LogP contribution in [0.4, 0.5) is 24.8 Å². The summed E-state index contributed by atoms with van der Waals surface area (Å²) >= 11 is 0. The molecule has 0 bridgehead atoms. The lowest BCUT2D eigenvalue weighted by Crippen LogP contribution is -2.42. The minimum Gasteiger partial charge on any atom is -0.495 e. The zero-order valence-corrected chi connectivity index (χ0v) is 19.8. The highest BCUT2D eigenvalue weighted by molar-refractivity contribution is 5.75. The van der Waals surface area contributed by atoms with E-state index in [2.05, 4.69) is 25.9 Å². The van der Waals surface area contributed by atoms with Gasteiger partial charge in [-0.1, -0.05) is 25.8 Å². The maximum Gasteiger partial charge on any atom is 0.419 e. The van der Waals surface area contributed by atoms with Gasteiger partial charge in [0.2, 0.25) is 11.9 Å². The molecule has 0 saturated heterocycles. The zero-order chi connectivity index (χ0) is 24.7. The topological polar surface area (TPSA) is 88.2 Å². The number of amides is 1. The number of anilines is 2. The molecule has 7 nitrogen and oxygen atoms in total. The molecule has 0 radical (unpaired) electrons. The third kappa shape index (κ3) is 6.59. The third-order valence-corrected chi connectivity index (χ3v) is 6.10. The van der Waals surface area contributed by atoms with E-state index in [0.29, 0.717) is 24.4 Å². The summed E-state index contributed by atoms with van der Waals surface area (Å²) in [7, 11) is 3.36. The predicted molar refractivity (Wildman–Crippen MR) is 124 cm³/mol. The second kappa shape index (κ2) is 11.5. The number of halogens is 3. The van der Waals surface area contributed by atoms with E-state index < -0.39 is 11.7 Å². The van der Waals surface area contributed by atoms with Crippen molar-refractivity contribution in [1.29, 1.82) is 0 Å². The van der Waals surface area contributed by atoms with Gasteiger partial charge in [-0.2, -0.15) is 13.2 Å². The van der Waals surface area contributed by atoms with Gasteiger partial charge in [-0.25, -0.2) is 9.97 Å². The summed E-state index contributed by atoms with van der Waals surface area (Å²) < 4.78 is 46.7. The third-order valence-electron chi connectivity index (χ3n) is 6.10. The highest BCUT2D eigenvalue weighted by Crippen LogP contribution is 2.36. The molecule has 3 rings (SSSR count). The molecule has 1 aliphatic carbocycles. The fraction of sp³-hybridized carbons (Fsp3) is 0.542. The van der Waals surface area contributed by atoms with Crippen molar-refractivity contribution >= 4 is 17.5 Å². The quantitative estimate of drug-likeness (QED) is 0.488. The van der Waals surface area contributed by atoms with E-state index in [9.17, 15) is 18.0 Å². The lowest BCUT2D eigenvalue weighted by atomic mass is 9.81. The Balaban J connectivity index is 1.89. The first-order valence-electron chi connectivity index (χ1n) is 11.6. The van der Waals surface area contributed by atoms with Crippen LogP contribution in [0.15, 0.2) is 24.4 Å². The number of hydrogen-bond donors (Lipinski definition) is 3. The Morgan fingerprint density at radius 2 is 2.00 bits per heavy atom. The maximum atomic E-state index is 13.8. The molecule has 1 aromatic heterocycles. The molecule has 1 heterocycles. The summed E-state index contributed by atoms with van der Waals surface area (Å²) in [4.78, 5) is 20.1. The number of alkyl halides is 3. The zero-order valence-electron chi connectivity index (χ0n) is 19.8. The number of carbonyl (C=O) groups is 1. The van der Waals surface area contributed by atoms with Crippen molar-refractivity contribution in [3.8, 4) is 5.75 Å². The number of aromatic nitrogens is 2. The molecule has 34 heavy (non-hydrogen) atoms. The number of methoxy groups -OCH3 is 1. The molecular weight excluding hydrogens is 447 g/mol. The number of rotatable bonds is 9. The van der Waals surface area contributed by atoms with Crippen molar-refractivity contribution in [3.63, 3.8) is 0 Å². The van der Waals surface area contributed by atoms with Gasteiger partial charge < -0.3 is 20.7 Å². The van der Waals surface area contributed by atoms with Crippen molar-refractivity contribution in [2.24, 2.45) is 5.92 Å². The average molecular weight is 480 g/mol. The van der Waals surface area contributed by atoms with Crippen molar-refractivity contribution in [2.45, 2.75) is 64.2 Å². The highest BCUT2D eigenvalue weighted by Gasteiger charge is 2.37. The Hall–Kier alpha value is -2.88. The first-order valence-corrected chi connectivity index (χ1v) is 11.6. The van der Waals surface area contributed by atoms with Crippen LogP contribution in [-0.4, -0.2) is 36.1 Å². The predicted octanol–water partition coefficient (Wildman–Crippen LogP) is 4.59. The van der Waals surface area contributed by atoms with Gasteiger partial charge in [0.1, 0.15) is 5.75 Å². The van der Waals surface area contributed by atoms with Crippen molar-refractivity contribution in [3.05, 3.63) is 41.2 Å². The molecule has 1 saturated carbocycles. The number of hydrogen-bond acceptors (Lipinski definition) is 6. The Morgan fingerprint density at radius 3 is 2.68 bits per heavy atom. The van der Waals surface area contributed by atoms with Gasteiger partial charge in [0, 0.05) is 25.2 Å². The Bertz CT molecular complexity index is 984. The van der Waals surface area contributed by atoms with E-state index in [1.54, 1.807) is 13.0 Å². The van der Waals surface area contributed by atoms with Crippen LogP contribution in [0.2, 0.25) is 0 Å².